The van der Waals surface area contributed by atoms with E-state index in [-0.39, 0.29) is 5.41 Å². The normalized spacial score (nSPS) is 13.0. The lowest BCUT2D eigenvalue weighted by Crippen LogP contribution is -2.31. The summed E-state index contributed by atoms with van der Waals surface area (Å²) in [6.45, 7) is 4.66. The Bertz CT molecular complexity index is 1480. The zero-order chi connectivity index (χ0) is 26.7. The number of thiol groups is 2. The average Bonchev–Trinajstić information content (AvgIpc) is 2.97. The van der Waals surface area contributed by atoms with E-state index in [0.29, 0.717) is 0 Å². The Hall–Kier alpha value is -3.12. The van der Waals surface area contributed by atoms with Crippen molar-refractivity contribution in [3.8, 4) is 0 Å². The molecule has 0 N–H and O–H groups in total. The lowest BCUT2D eigenvalue weighted by Gasteiger charge is -2.42. The van der Waals surface area contributed by atoms with E-state index < -0.39 is 0 Å². The van der Waals surface area contributed by atoms with Crippen LogP contribution in [0.5, 0.6) is 0 Å². The van der Waals surface area contributed by atoms with Gasteiger partial charge in [0.25, 0.3) is 0 Å². The van der Waals surface area contributed by atoms with Crippen molar-refractivity contribution in [2.75, 3.05) is 9.80 Å². The predicted octanol–water partition coefficient (Wildman–Crippen LogP) is 10.8. The molecule has 38 heavy (non-hydrogen) atoms. The highest BCUT2D eigenvalue weighted by molar-refractivity contribution is 9.10. The van der Waals surface area contributed by atoms with Crippen LogP contribution >= 0.6 is 39.3 Å². The summed E-state index contributed by atoms with van der Waals surface area (Å²) < 4.78 is 1.09. The number of benzene rings is 5. The van der Waals surface area contributed by atoms with Gasteiger partial charge >= 0.3 is 0 Å². The van der Waals surface area contributed by atoms with E-state index in [1.807, 2.05) is 0 Å². The Kier molecular flexibility index (Phi) is 7.89. The Labute approximate surface area is 244 Å². The van der Waals surface area contributed by atoms with Crippen molar-refractivity contribution in [1.82, 2.24) is 0 Å². The molecule has 6 rings (SSSR count). The fourth-order valence-corrected chi connectivity index (χ4v) is 5.66. The molecule has 0 aliphatic carbocycles. The molecule has 0 saturated carbocycles. The molecule has 190 valence electrons. The van der Waals surface area contributed by atoms with Crippen molar-refractivity contribution in [3.63, 3.8) is 0 Å². The third-order valence-electron chi connectivity index (χ3n) is 7.07. The van der Waals surface area contributed by atoms with Crippen LogP contribution in [0.15, 0.2) is 132 Å². The van der Waals surface area contributed by atoms with Crippen LogP contribution < -0.4 is 9.80 Å². The van der Waals surface area contributed by atoms with Gasteiger partial charge in [0, 0.05) is 32.6 Å². The molecule has 0 aromatic heterocycles. The highest BCUT2D eigenvalue weighted by Gasteiger charge is 2.37. The minimum atomic E-state index is -0.186. The van der Waals surface area contributed by atoms with E-state index in [4.69, 9.17) is 0 Å². The second kappa shape index (κ2) is 11.3. The van der Waals surface area contributed by atoms with Crippen molar-refractivity contribution in [2.45, 2.75) is 19.3 Å². The molecule has 2 nitrogen and oxygen atoms in total. The number of halogens is 1. The van der Waals surface area contributed by atoms with Gasteiger partial charge in [0.2, 0.25) is 0 Å². The number of hydrogen-bond donors (Lipinski definition) is 2. The first-order chi connectivity index (χ1) is 18.5. The molecule has 0 bridgehead atoms. The number of hydrogen-bond acceptors (Lipinski definition) is 4. The molecule has 0 atom stereocenters. The van der Waals surface area contributed by atoms with Crippen molar-refractivity contribution in [3.05, 3.63) is 143 Å². The van der Waals surface area contributed by atoms with Gasteiger partial charge in [-0.3, -0.25) is 0 Å². The van der Waals surface area contributed by atoms with Crippen LogP contribution in [0.1, 0.15) is 25.0 Å². The molecule has 0 spiro atoms. The van der Waals surface area contributed by atoms with E-state index in [1.54, 1.807) is 0 Å². The fraction of sp³-hybridized carbons (Fsp3) is 0.0909. The Morgan fingerprint density at radius 2 is 1.05 bits per heavy atom. The first kappa shape index (κ1) is 26.5. The maximum Gasteiger partial charge on any atom is 0.0504 e. The van der Waals surface area contributed by atoms with E-state index in [1.165, 1.54) is 22.5 Å². The largest absolute Gasteiger partial charge is 0.310 e. The summed E-state index contributed by atoms with van der Waals surface area (Å²) in [7, 11) is 0. The number of anilines is 6. The molecular weight excluding hydrogens is 568 g/mol. The summed E-state index contributed by atoms with van der Waals surface area (Å²) in [6, 6.07) is 45.4. The SMILES string of the molecule is CC1(C)c2cc(Br)ccc2N(c2ccccc2)c2ccc(N(c3ccccc3)c3ccccc3)cc21.SS. The molecule has 5 aromatic rings. The molecule has 0 radical (unpaired) electrons. The van der Waals surface area contributed by atoms with E-state index in [2.05, 4.69) is 190 Å². The molecule has 5 heteroatoms. The van der Waals surface area contributed by atoms with E-state index in [0.717, 1.165) is 27.2 Å². The topological polar surface area (TPSA) is 6.48 Å². The van der Waals surface area contributed by atoms with Crippen LogP contribution in [-0.4, -0.2) is 0 Å². The third kappa shape index (κ3) is 4.86. The number of fused-ring (bicyclic) bond motifs is 2. The van der Waals surface area contributed by atoms with Gasteiger partial charge in [0.05, 0.1) is 11.4 Å². The molecule has 0 unspecified atom stereocenters. The summed E-state index contributed by atoms with van der Waals surface area (Å²) in [5, 5.41) is 0. The molecule has 0 amide bonds. The van der Waals surface area contributed by atoms with Crippen LogP contribution in [-0.2, 0) is 5.41 Å². The van der Waals surface area contributed by atoms with Gasteiger partial charge in [-0.05, 0) is 83.9 Å². The van der Waals surface area contributed by atoms with Gasteiger partial charge in [-0.1, -0.05) is 84.4 Å². The number of rotatable bonds is 4. The van der Waals surface area contributed by atoms with Gasteiger partial charge in [0.1, 0.15) is 0 Å². The van der Waals surface area contributed by atoms with Crippen molar-refractivity contribution < 1.29 is 0 Å². The van der Waals surface area contributed by atoms with E-state index in [9.17, 15) is 0 Å². The van der Waals surface area contributed by atoms with E-state index >= 15 is 0 Å². The summed E-state index contributed by atoms with van der Waals surface area (Å²) in [4.78, 5) is 4.72. The lowest BCUT2D eigenvalue weighted by atomic mass is 9.73. The minimum Gasteiger partial charge on any atom is -0.310 e. The quantitative estimate of drug-likeness (QED) is 0.157. The minimum absolute atomic E-state index is 0.186. The predicted molar refractivity (Wildman–Crippen MR) is 174 cm³/mol. The zero-order valence-corrected chi connectivity index (χ0v) is 24.7. The number of nitrogens with zero attached hydrogens (tertiary/aromatic N) is 2. The van der Waals surface area contributed by atoms with Crippen molar-refractivity contribution in [1.29, 1.82) is 0 Å². The summed E-state index contributed by atoms with van der Waals surface area (Å²) >= 11 is 10.2. The highest BCUT2D eigenvalue weighted by Crippen LogP contribution is 2.53. The second-order valence-corrected chi connectivity index (χ2v) is 10.6. The summed E-state index contributed by atoms with van der Waals surface area (Å²) in [6.07, 6.45) is 0. The molecule has 0 fully saturated rings. The van der Waals surface area contributed by atoms with Crippen LogP contribution in [0.25, 0.3) is 0 Å². The molecule has 5 aromatic carbocycles. The first-order valence-corrected chi connectivity index (χ1v) is 14.8. The molecule has 1 heterocycles. The first-order valence-electron chi connectivity index (χ1n) is 12.4. The van der Waals surface area contributed by atoms with Gasteiger partial charge in [-0.25, -0.2) is 0 Å². The fourth-order valence-electron chi connectivity index (χ4n) is 5.29. The maximum absolute atomic E-state index is 3.73. The van der Waals surface area contributed by atoms with Gasteiger partial charge < -0.3 is 9.80 Å². The molecule has 1 aliphatic rings. The van der Waals surface area contributed by atoms with Crippen LogP contribution in [0, 0.1) is 0 Å². The zero-order valence-electron chi connectivity index (χ0n) is 21.3. The van der Waals surface area contributed by atoms with Crippen molar-refractivity contribution >= 4 is 73.4 Å². The average molecular weight is 598 g/mol. The highest BCUT2D eigenvalue weighted by atomic mass is 79.9. The summed E-state index contributed by atoms with van der Waals surface area (Å²) in [5.74, 6) is 0. The monoisotopic (exact) mass is 596 g/mol. The van der Waals surface area contributed by atoms with Crippen LogP contribution in [0.3, 0.4) is 0 Å². The lowest BCUT2D eigenvalue weighted by molar-refractivity contribution is 0.631. The van der Waals surface area contributed by atoms with Gasteiger partial charge in [0.15, 0.2) is 0 Å². The van der Waals surface area contributed by atoms with Gasteiger partial charge in [-0.2, -0.15) is 0 Å². The standard InChI is InChI=1S/C33H27BrN2.H2S2/c1-33(2)29-22-24(34)18-20-31(29)36(27-16-10-5-11-17-27)32-21-19-28(23-30(32)33)35(25-12-6-3-7-13-25)26-14-8-4-9-15-26;1-2/h3-23H,1-2H3;1-2H. The van der Waals surface area contributed by atoms with Gasteiger partial charge in [-0.15, -0.1) is 23.3 Å². The molecule has 0 saturated heterocycles. The smallest absolute Gasteiger partial charge is 0.0504 e. The maximum atomic E-state index is 3.73. The van der Waals surface area contributed by atoms with Crippen molar-refractivity contribution in [2.24, 2.45) is 0 Å². The molecule has 1 aliphatic heterocycles. The Morgan fingerprint density at radius 3 is 1.61 bits per heavy atom. The third-order valence-corrected chi connectivity index (χ3v) is 7.56. The van der Waals surface area contributed by atoms with Crippen LogP contribution in [0.2, 0.25) is 0 Å². The Morgan fingerprint density at radius 1 is 0.579 bits per heavy atom. The number of para-hydroxylation sites is 3. The second-order valence-electron chi connectivity index (χ2n) is 9.67. The Balaban J connectivity index is 0.00000144. The molecular formula is C33H29BrN2S2. The summed E-state index contributed by atoms with van der Waals surface area (Å²) in [5.41, 5.74) is 9.43. The van der Waals surface area contributed by atoms with Crippen LogP contribution in [0.4, 0.5) is 34.1 Å².